The Labute approximate surface area is 68.4 Å². The topological polar surface area (TPSA) is 49.4 Å². The van der Waals surface area contributed by atoms with Gasteiger partial charge in [-0.2, -0.15) is 0 Å². The van der Waals surface area contributed by atoms with Gasteiger partial charge in [0.05, 0.1) is 24.6 Å². The number of alkyl halides is 1. The van der Waals surface area contributed by atoms with Crippen molar-refractivity contribution in [3.8, 4) is 0 Å². The number of unbranched alkanes of at least 4 members (excludes halogenated alkanes) is 3. The molecule has 0 amide bonds. The van der Waals surface area contributed by atoms with E-state index in [1.165, 1.54) is 0 Å². The van der Waals surface area contributed by atoms with Gasteiger partial charge in [0.15, 0.2) is 0 Å². The zero-order chi connectivity index (χ0) is 8.53. The lowest BCUT2D eigenvalue weighted by Crippen LogP contribution is -1.97. The summed E-state index contributed by atoms with van der Waals surface area (Å²) in [5.41, 5.74) is 0. The maximum absolute atomic E-state index is 11.5. The molecule has 0 aliphatic carbocycles. The first-order valence-electron chi connectivity index (χ1n) is 3.56. The summed E-state index contributed by atoms with van der Waals surface area (Å²) in [5, 5.41) is 0. The second kappa shape index (κ2) is 8.10. The standard InChI is InChI=1S/C6H13FO3S/c7-5-3-1-2-4-6-10-11(8)9/h1-6H2,(H,8,9)/p-1. The maximum atomic E-state index is 11.5. The van der Waals surface area contributed by atoms with E-state index in [0.717, 1.165) is 12.8 Å². The van der Waals surface area contributed by atoms with Gasteiger partial charge in [0.2, 0.25) is 0 Å². The average Bonchev–Trinajstić information content (AvgIpc) is 1.96. The van der Waals surface area contributed by atoms with Crippen LogP contribution in [0.4, 0.5) is 4.39 Å². The molecule has 3 nitrogen and oxygen atoms in total. The number of rotatable bonds is 7. The molecule has 0 aliphatic heterocycles. The van der Waals surface area contributed by atoms with E-state index in [1.54, 1.807) is 0 Å². The molecule has 0 rings (SSSR count). The summed E-state index contributed by atoms with van der Waals surface area (Å²) in [6.07, 6.45) is 2.85. The predicted octanol–water partition coefficient (Wildman–Crippen LogP) is 1.33. The van der Waals surface area contributed by atoms with Crippen LogP contribution in [0.3, 0.4) is 0 Å². The molecule has 0 aromatic heterocycles. The van der Waals surface area contributed by atoms with Crippen molar-refractivity contribution in [3.63, 3.8) is 0 Å². The second-order valence-electron chi connectivity index (χ2n) is 2.13. The minimum atomic E-state index is -2.40. The van der Waals surface area contributed by atoms with Crippen LogP contribution in [-0.4, -0.2) is 22.0 Å². The summed E-state index contributed by atoms with van der Waals surface area (Å²) in [7, 11) is 0. The van der Waals surface area contributed by atoms with Crippen molar-refractivity contribution in [2.75, 3.05) is 13.3 Å². The van der Waals surface area contributed by atoms with Crippen LogP contribution in [0.5, 0.6) is 0 Å². The van der Waals surface area contributed by atoms with Crippen LogP contribution < -0.4 is 0 Å². The highest BCUT2D eigenvalue weighted by atomic mass is 32.2. The molecule has 0 fully saturated rings. The Balaban J connectivity index is 2.85. The van der Waals surface area contributed by atoms with Crippen LogP contribution in [0.15, 0.2) is 0 Å². The maximum Gasteiger partial charge on any atom is 0.0894 e. The summed E-state index contributed by atoms with van der Waals surface area (Å²) in [4.78, 5) is 0. The molecule has 0 aromatic carbocycles. The zero-order valence-corrected chi connectivity index (χ0v) is 7.07. The van der Waals surface area contributed by atoms with Gasteiger partial charge in [-0.25, -0.2) is 4.21 Å². The first kappa shape index (κ1) is 11.0. The molecule has 0 saturated carbocycles. The lowest BCUT2D eigenvalue weighted by Gasteiger charge is -2.04. The number of halogens is 1. The van der Waals surface area contributed by atoms with Crippen molar-refractivity contribution in [3.05, 3.63) is 0 Å². The predicted molar refractivity (Wildman–Crippen MR) is 39.3 cm³/mol. The third kappa shape index (κ3) is 10.0. The van der Waals surface area contributed by atoms with Gasteiger partial charge in [-0.15, -0.1) is 0 Å². The highest BCUT2D eigenvalue weighted by Gasteiger charge is 1.89. The van der Waals surface area contributed by atoms with Crippen LogP contribution in [0.2, 0.25) is 0 Å². The molecule has 1 atom stereocenters. The molecule has 0 saturated heterocycles. The van der Waals surface area contributed by atoms with E-state index in [1.807, 2.05) is 0 Å². The molecule has 0 aliphatic rings. The fourth-order valence-electron chi connectivity index (χ4n) is 0.677. The minimum absolute atomic E-state index is 0.211. The SMILES string of the molecule is O=S([O-])OCCCCCCF. The average molecular weight is 183 g/mol. The van der Waals surface area contributed by atoms with E-state index in [0.29, 0.717) is 12.8 Å². The Bertz CT molecular complexity index is 110. The van der Waals surface area contributed by atoms with E-state index in [2.05, 4.69) is 4.18 Å². The Morgan fingerprint density at radius 1 is 1.27 bits per heavy atom. The van der Waals surface area contributed by atoms with Gasteiger partial charge in [0, 0.05) is 0 Å². The van der Waals surface area contributed by atoms with Crippen LogP contribution in [0, 0.1) is 0 Å². The molecular weight excluding hydrogens is 171 g/mol. The van der Waals surface area contributed by atoms with Crippen molar-refractivity contribution in [2.45, 2.75) is 25.7 Å². The first-order chi connectivity index (χ1) is 5.27. The van der Waals surface area contributed by atoms with Crippen molar-refractivity contribution >= 4 is 11.4 Å². The molecule has 68 valence electrons. The highest BCUT2D eigenvalue weighted by Crippen LogP contribution is 2.00. The van der Waals surface area contributed by atoms with Gasteiger partial charge in [0.25, 0.3) is 0 Å². The smallest absolute Gasteiger partial charge is 0.0894 e. The molecule has 0 aromatic rings. The van der Waals surface area contributed by atoms with Crippen LogP contribution in [0.1, 0.15) is 25.7 Å². The largest absolute Gasteiger partial charge is 0.750 e. The number of hydrogen-bond acceptors (Lipinski definition) is 3. The van der Waals surface area contributed by atoms with Gasteiger partial charge in [-0.1, -0.05) is 12.8 Å². The van der Waals surface area contributed by atoms with Crippen molar-refractivity contribution in [1.29, 1.82) is 0 Å². The summed E-state index contributed by atoms with van der Waals surface area (Å²) in [5.74, 6) is 0. The van der Waals surface area contributed by atoms with Crippen LogP contribution in [-0.2, 0) is 15.5 Å². The minimum Gasteiger partial charge on any atom is -0.750 e. The molecule has 0 N–H and O–H groups in total. The van der Waals surface area contributed by atoms with E-state index in [9.17, 15) is 13.2 Å². The Morgan fingerprint density at radius 2 is 1.91 bits per heavy atom. The monoisotopic (exact) mass is 183 g/mol. The van der Waals surface area contributed by atoms with E-state index in [4.69, 9.17) is 0 Å². The van der Waals surface area contributed by atoms with Gasteiger partial charge < -0.3 is 8.74 Å². The van der Waals surface area contributed by atoms with Gasteiger partial charge in [-0.3, -0.25) is 4.39 Å². The second-order valence-corrected chi connectivity index (χ2v) is 2.77. The molecule has 0 heterocycles. The summed E-state index contributed by atoms with van der Waals surface area (Å²) >= 11 is -2.40. The lowest BCUT2D eigenvalue weighted by atomic mass is 10.2. The molecule has 11 heavy (non-hydrogen) atoms. The van der Waals surface area contributed by atoms with Crippen molar-refractivity contribution < 1.29 is 17.3 Å². The Kier molecular flexibility index (Phi) is 8.10. The number of hydrogen-bond donors (Lipinski definition) is 0. The van der Waals surface area contributed by atoms with E-state index < -0.39 is 11.4 Å². The normalized spacial score (nSPS) is 13.3. The fourth-order valence-corrected chi connectivity index (χ4v) is 0.931. The zero-order valence-electron chi connectivity index (χ0n) is 6.25. The van der Waals surface area contributed by atoms with Gasteiger partial charge >= 0.3 is 0 Å². The van der Waals surface area contributed by atoms with Gasteiger partial charge in [-0.05, 0) is 12.8 Å². The van der Waals surface area contributed by atoms with E-state index >= 15 is 0 Å². The molecule has 0 bridgehead atoms. The summed E-state index contributed by atoms with van der Waals surface area (Å²) in [6, 6.07) is 0. The lowest BCUT2D eigenvalue weighted by molar-refractivity contribution is 0.290. The van der Waals surface area contributed by atoms with E-state index in [-0.39, 0.29) is 13.3 Å². The molecule has 1 unspecified atom stereocenters. The molecular formula is C6H12FO3S-. The van der Waals surface area contributed by atoms with Gasteiger partial charge in [0.1, 0.15) is 0 Å². The summed E-state index contributed by atoms with van der Waals surface area (Å²) < 4.78 is 35.4. The van der Waals surface area contributed by atoms with Crippen LogP contribution in [0.25, 0.3) is 0 Å². The van der Waals surface area contributed by atoms with Crippen molar-refractivity contribution in [1.82, 2.24) is 0 Å². The Morgan fingerprint density at radius 3 is 2.45 bits per heavy atom. The third-order valence-corrected chi connectivity index (χ3v) is 1.57. The van der Waals surface area contributed by atoms with Crippen molar-refractivity contribution in [2.24, 2.45) is 0 Å². The molecule has 5 heteroatoms. The third-order valence-electron chi connectivity index (χ3n) is 1.21. The van der Waals surface area contributed by atoms with Crippen LogP contribution >= 0.6 is 0 Å². The fraction of sp³-hybridized carbons (Fsp3) is 1.00. The quantitative estimate of drug-likeness (QED) is 0.442. The first-order valence-corrected chi connectivity index (χ1v) is 4.56. The molecule has 0 radical (unpaired) electrons. The highest BCUT2D eigenvalue weighted by molar-refractivity contribution is 7.74. The summed E-state index contributed by atoms with van der Waals surface area (Å²) in [6.45, 7) is -0.0866. The molecule has 0 spiro atoms. The Hall–Kier alpha value is -0.0000000000000000555.